The predicted molar refractivity (Wildman–Crippen MR) is 96.1 cm³/mol. The smallest absolute Gasteiger partial charge is 0.338 e. The van der Waals surface area contributed by atoms with Crippen LogP contribution in [0, 0.1) is 10.1 Å². The van der Waals surface area contributed by atoms with Crippen molar-refractivity contribution in [2.45, 2.75) is 6.61 Å². The zero-order valence-corrected chi connectivity index (χ0v) is 15.0. The maximum atomic E-state index is 12.3. The number of hydrogen-bond acceptors (Lipinski definition) is 7. The van der Waals surface area contributed by atoms with Gasteiger partial charge in [-0.05, 0) is 30.3 Å². The lowest BCUT2D eigenvalue weighted by molar-refractivity contribution is -0.384. The van der Waals surface area contributed by atoms with Crippen molar-refractivity contribution in [2.24, 2.45) is 0 Å². The van der Waals surface area contributed by atoms with Crippen molar-refractivity contribution in [1.82, 2.24) is 0 Å². The van der Waals surface area contributed by atoms with Gasteiger partial charge in [-0.1, -0.05) is 0 Å². The number of methoxy groups -OCH3 is 2. The minimum absolute atomic E-state index is 0.0531. The SMILES string of the molecule is COc1ccc(OC)c(COC(=O)c2ccc(N(C)C)c([N+](=O)[O-])c2)c1. The summed E-state index contributed by atoms with van der Waals surface area (Å²) in [6, 6.07) is 9.35. The quantitative estimate of drug-likeness (QED) is 0.426. The molecule has 138 valence electrons. The van der Waals surface area contributed by atoms with Crippen LogP contribution in [0.2, 0.25) is 0 Å². The molecular formula is C18H20N2O6. The van der Waals surface area contributed by atoms with Crippen LogP contribution in [-0.2, 0) is 11.3 Å². The molecular weight excluding hydrogens is 340 g/mol. The summed E-state index contributed by atoms with van der Waals surface area (Å²) in [6.07, 6.45) is 0. The number of nitro benzene ring substituents is 1. The number of esters is 1. The summed E-state index contributed by atoms with van der Waals surface area (Å²) in [5, 5.41) is 11.2. The van der Waals surface area contributed by atoms with E-state index in [4.69, 9.17) is 14.2 Å². The zero-order valence-electron chi connectivity index (χ0n) is 15.0. The highest BCUT2D eigenvalue weighted by Crippen LogP contribution is 2.29. The summed E-state index contributed by atoms with van der Waals surface area (Å²) < 4.78 is 15.7. The van der Waals surface area contributed by atoms with Crippen LogP contribution in [0.25, 0.3) is 0 Å². The monoisotopic (exact) mass is 360 g/mol. The Morgan fingerprint density at radius 3 is 2.42 bits per heavy atom. The summed E-state index contributed by atoms with van der Waals surface area (Å²) in [4.78, 5) is 24.6. The van der Waals surface area contributed by atoms with Gasteiger partial charge < -0.3 is 19.1 Å². The van der Waals surface area contributed by atoms with Crippen molar-refractivity contribution in [1.29, 1.82) is 0 Å². The zero-order chi connectivity index (χ0) is 19.3. The Balaban J connectivity index is 2.21. The van der Waals surface area contributed by atoms with Gasteiger partial charge in [-0.25, -0.2) is 4.79 Å². The molecule has 0 atom stereocenters. The molecule has 2 rings (SSSR count). The minimum atomic E-state index is -0.664. The lowest BCUT2D eigenvalue weighted by Gasteiger charge is -2.14. The molecule has 8 heteroatoms. The van der Waals surface area contributed by atoms with E-state index in [2.05, 4.69) is 0 Å². The second kappa shape index (κ2) is 8.19. The fraction of sp³-hybridized carbons (Fsp3) is 0.278. The summed E-state index contributed by atoms with van der Waals surface area (Å²) >= 11 is 0. The molecule has 0 aliphatic heterocycles. The second-order valence-electron chi connectivity index (χ2n) is 5.61. The minimum Gasteiger partial charge on any atom is -0.497 e. The molecule has 0 aliphatic rings. The highest BCUT2D eigenvalue weighted by Gasteiger charge is 2.20. The van der Waals surface area contributed by atoms with Gasteiger partial charge in [0.2, 0.25) is 0 Å². The number of benzene rings is 2. The average Bonchev–Trinajstić information content (AvgIpc) is 2.64. The fourth-order valence-electron chi connectivity index (χ4n) is 2.40. The third kappa shape index (κ3) is 4.21. The molecule has 0 aliphatic carbocycles. The van der Waals surface area contributed by atoms with Crippen molar-refractivity contribution >= 4 is 17.3 Å². The fourth-order valence-corrected chi connectivity index (χ4v) is 2.40. The van der Waals surface area contributed by atoms with Crippen LogP contribution in [0.5, 0.6) is 11.5 Å². The standard InChI is InChI=1S/C18H20N2O6/c1-19(2)15-7-5-12(10-16(15)20(22)23)18(21)26-11-13-9-14(24-3)6-8-17(13)25-4/h5-10H,11H2,1-4H3. The highest BCUT2D eigenvalue weighted by atomic mass is 16.6. The van der Waals surface area contributed by atoms with Crippen molar-refractivity contribution in [2.75, 3.05) is 33.2 Å². The van der Waals surface area contributed by atoms with Crippen LogP contribution >= 0.6 is 0 Å². The maximum absolute atomic E-state index is 12.3. The topological polar surface area (TPSA) is 91.1 Å². The first-order valence-electron chi connectivity index (χ1n) is 7.71. The third-order valence-corrected chi connectivity index (χ3v) is 3.74. The molecule has 0 unspecified atom stereocenters. The van der Waals surface area contributed by atoms with Gasteiger partial charge in [0.05, 0.1) is 24.7 Å². The number of hydrogen-bond donors (Lipinski definition) is 0. The largest absolute Gasteiger partial charge is 0.497 e. The lowest BCUT2D eigenvalue weighted by Crippen LogP contribution is -2.12. The molecule has 0 bridgehead atoms. The molecule has 8 nitrogen and oxygen atoms in total. The van der Waals surface area contributed by atoms with Gasteiger partial charge in [-0.3, -0.25) is 10.1 Å². The molecule has 0 amide bonds. The van der Waals surface area contributed by atoms with Crippen LogP contribution in [0.15, 0.2) is 36.4 Å². The van der Waals surface area contributed by atoms with E-state index in [1.54, 1.807) is 37.2 Å². The molecule has 0 heterocycles. The molecule has 26 heavy (non-hydrogen) atoms. The van der Waals surface area contributed by atoms with Gasteiger partial charge in [0.25, 0.3) is 5.69 Å². The van der Waals surface area contributed by atoms with Crippen molar-refractivity contribution in [3.05, 3.63) is 57.6 Å². The van der Waals surface area contributed by atoms with Crippen LogP contribution in [0.3, 0.4) is 0 Å². The van der Waals surface area contributed by atoms with E-state index in [1.807, 2.05) is 0 Å². The van der Waals surface area contributed by atoms with Crippen LogP contribution < -0.4 is 14.4 Å². The maximum Gasteiger partial charge on any atom is 0.338 e. The number of rotatable bonds is 7. The Labute approximate surface area is 151 Å². The highest BCUT2D eigenvalue weighted by molar-refractivity contribution is 5.91. The van der Waals surface area contributed by atoms with E-state index < -0.39 is 10.9 Å². The first-order chi connectivity index (χ1) is 12.4. The van der Waals surface area contributed by atoms with Crippen molar-refractivity contribution in [3.63, 3.8) is 0 Å². The van der Waals surface area contributed by atoms with E-state index in [0.29, 0.717) is 22.7 Å². The van der Waals surface area contributed by atoms with Crippen LogP contribution in [0.4, 0.5) is 11.4 Å². The molecule has 0 N–H and O–H groups in total. The second-order valence-corrected chi connectivity index (χ2v) is 5.61. The van der Waals surface area contributed by atoms with Gasteiger partial charge in [-0.2, -0.15) is 0 Å². The Morgan fingerprint density at radius 2 is 1.85 bits per heavy atom. The number of ether oxygens (including phenoxy) is 3. The van der Waals surface area contributed by atoms with Crippen LogP contribution in [0.1, 0.15) is 15.9 Å². The Kier molecular flexibility index (Phi) is 6.00. The molecule has 2 aromatic rings. The molecule has 0 saturated heterocycles. The molecule has 0 saturated carbocycles. The molecule has 2 aromatic carbocycles. The van der Waals surface area contributed by atoms with Crippen molar-refractivity contribution < 1.29 is 23.9 Å². The first kappa shape index (κ1) is 19.0. The van der Waals surface area contributed by atoms with E-state index in [-0.39, 0.29) is 17.9 Å². The normalized spacial score (nSPS) is 10.2. The molecule has 0 fully saturated rings. The predicted octanol–water partition coefficient (Wildman–Crippen LogP) is 3.04. The number of carbonyl (C=O) groups excluding carboxylic acids is 1. The average molecular weight is 360 g/mol. The lowest BCUT2D eigenvalue weighted by atomic mass is 10.1. The molecule has 0 aromatic heterocycles. The van der Waals surface area contributed by atoms with E-state index in [9.17, 15) is 14.9 Å². The molecule has 0 radical (unpaired) electrons. The number of nitro groups is 1. The summed E-state index contributed by atoms with van der Waals surface area (Å²) in [5.74, 6) is 0.485. The van der Waals surface area contributed by atoms with Gasteiger partial charge in [0.1, 0.15) is 23.8 Å². The Hall–Kier alpha value is -3.29. The third-order valence-electron chi connectivity index (χ3n) is 3.74. The summed E-state index contributed by atoms with van der Waals surface area (Å²) in [6.45, 7) is -0.0531. The van der Waals surface area contributed by atoms with E-state index in [1.165, 1.54) is 32.4 Å². The molecule has 0 spiro atoms. The first-order valence-corrected chi connectivity index (χ1v) is 7.71. The number of nitrogens with zero attached hydrogens (tertiary/aromatic N) is 2. The van der Waals surface area contributed by atoms with E-state index in [0.717, 1.165) is 0 Å². The number of carbonyl (C=O) groups is 1. The Morgan fingerprint density at radius 1 is 1.12 bits per heavy atom. The van der Waals surface area contributed by atoms with E-state index >= 15 is 0 Å². The van der Waals surface area contributed by atoms with Crippen LogP contribution in [-0.4, -0.2) is 39.2 Å². The van der Waals surface area contributed by atoms with Crippen molar-refractivity contribution in [3.8, 4) is 11.5 Å². The van der Waals surface area contributed by atoms with Gasteiger partial charge >= 0.3 is 5.97 Å². The summed E-state index contributed by atoms with van der Waals surface area (Å²) in [5.41, 5.74) is 0.966. The van der Waals surface area contributed by atoms with Gasteiger partial charge in [0, 0.05) is 25.7 Å². The number of anilines is 1. The van der Waals surface area contributed by atoms with Gasteiger partial charge in [-0.15, -0.1) is 0 Å². The summed E-state index contributed by atoms with van der Waals surface area (Å²) in [7, 11) is 6.42. The Bertz CT molecular complexity index is 819. The van der Waals surface area contributed by atoms with Gasteiger partial charge in [0.15, 0.2) is 0 Å².